The smallest absolute Gasteiger partial charge is 0.236 e. The van der Waals surface area contributed by atoms with Crippen molar-refractivity contribution in [2.24, 2.45) is 0 Å². The molecule has 3 aromatic heterocycles. The largest absolute Gasteiger partial charge is 0.492 e. The molecular formula is C31H35N9O3. The van der Waals surface area contributed by atoms with Gasteiger partial charge in [-0.3, -0.25) is 14.1 Å². The number of piperazine rings is 1. The molecule has 0 bridgehead atoms. The molecule has 6 rings (SSSR count). The van der Waals surface area contributed by atoms with Crippen molar-refractivity contribution < 1.29 is 14.3 Å². The van der Waals surface area contributed by atoms with Gasteiger partial charge in [0.2, 0.25) is 5.91 Å². The molecule has 0 spiro atoms. The van der Waals surface area contributed by atoms with E-state index in [1.807, 2.05) is 65.0 Å². The van der Waals surface area contributed by atoms with Crippen molar-refractivity contribution in [1.82, 2.24) is 34.5 Å². The minimum atomic E-state index is 0.141. The number of aromatic nitrogens is 4. The second-order valence-corrected chi connectivity index (χ2v) is 10.5. The maximum atomic E-state index is 12.6. The van der Waals surface area contributed by atoms with Gasteiger partial charge in [-0.1, -0.05) is 24.3 Å². The molecule has 4 aromatic rings. The SMILES string of the molecule is CN/C=C(\C=N)c1ccc(CNc2cc(-c3cnc4cc(OCCN5CCN(C6COC6)CC5=O)ccn34)ncn2)cc1. The number of amides is 1. The van der Waals surface area contributed by atoms with Crippen LogP contribution in [0, 0.1) is 5.41 Å². The number of carbonyl (C=O) groups excluding carboxylic acids is 1. The van der Waals surface area contributed by atoms with E-state index in [-0.39, 0.29) is 5.91 Å². The van der Waals surface area contributed by atoms with Gasteiger partial charge in [0.15, 0.2) is 0 Å². The molecule has 0 atom stereocenters. The first kappa shape index (κ1) is 28.3. The van der Waals surface area contributed by atoms with E-state index in [2.05, 4.69) is 30.5 Å². The third kappa shape index (κ3) is 6.50. The molecule has 12 heteroatoms. The van der Waals surface area contributed by atoms with Gasteiger partial charge >= 0.3 is 0 Å². The predicted molar refractivity (Wildman–Crippen MR) is 164 cm³/mol. The molecule has 2 saturated heterocycles. The lowest BCUT2D eigenvalue weighted by Gasteiger charge is -2.42. The van der Waals surface area contributed by atoms with Crippen molar-refractivity contribution in [2.45, 2.75) is 12.6 Å². The predicted octanol–water partition coefficient (Wildman–Crippen LogP) is 2.54. The second kappa shape index (κ2) is 13.0. The number of hydrogen-bond acceptors (Lipinski definition) is 10. The van der Waals surface area contributed by atoms with Gasteiger partial charge in [-0.05, 0) is 17.2 Å². The van der Waals surface area contributed by atoms with Crippen LogP contribution < -0.4 is 15.4 Å². The number of hydrogen-bond donors (Lipinski definition) is 3. The summed E-state index contributed by atoms with van der Waals surface area (Å²) in [7, 11) is 1.82. The number of ether oxygens (including phenoxy) is 2. The van der Waals surface area contributed by atoms with Crippen molar-refractivity contribution in [3.8, 4) is 17.1 Å². The maximum absolute atomic E-state index is 12.6. The number of rotatable bonds is 12. The first-order chi connectivity index (χ1) is 21.1. The Morgan fingerprint density at radius 3 is 2.74 bits per heavy atom. The van der Waals surface area contributed by atoms with Gasteiger partial charge < -0.3 is 30.4 Å². The Morgan fingerprint density at radius 2 is 2.00 bits per heavy atom. The number of benzene rings is 1. The molecule has 2 aliphatic rings. The van der Waals surface area contributed by atoms with Gasteiger partial charge in [0.05, 0.1) is 49.9 Å². The van der Waals surface area contributed by atoms with Crippen LogP contribution in [0.15, 0.2) is 67.4 Å². The summed E-state index contributed by atoms with van der Waals surface area (Å²) in [5.41, 5.74) is 5.21. The molecule has 0 radical (unpaired) electrons. The summed E-state index contributed by atoms with van der Waals surface area (Å²) in [6, 6.07) is 14.1. The Labute approximate surface area is 249 Å². The topological polar surface area (TPSA) is 133 Å². The molecule has 1 aromatic carbocycles. The standard InChI is InChI=1S/C31H35N9O3/c1-33-16-24(14-32)23-4-2-22(3-5-23)15-34-29-13-27(36-21-37-29)28-17-35-30-12-26(6-7-40(28)30)43-11-10-38-8-9-39(18-31(38)41)25-19-42-20-25/h2-7,12-14,16-17,21,25,32-33H,8-11,15,18-20H2,1H3,(H,34,36,37)/b24-16+,32-14?. The van der Waals surface area contributed by atoms with Crippen molar-refractivity contribution in [3.63, 3.8) is 0 Å². The van der Waals surface area contributed by atoms with Crippen LogP contribution in [0.25, 0.3) is 22.6 Å². The lowest BCUT2D eigenvalue weighted by atomic mass is 10.1. The highest BCUT2D eigenvalue weighted by molar-refractivity contribution is 6.08. The number of nitrogens with zero attached hydrogens (tertiary/aromatic N) is 6. The lowest BCUT2D eigenvalue weighted by molar-refractivity contribution is -0.143. The summed E-state index contributed by atoms with van der Waals surface area (Å²) in [6.07, 6.45) is 8.38. The van der Waals surface area contributed by atoms with Gasteiger partial charge in [-0.15, -0.1) is 0 Å². The Hall–Kier alpha value is -4.81. The second-order valence-electron chi connectivity index (χ2n) is 10.5. The van der Waals surface area contributed by atoms with Gasteiger partial charge in [0.25, 0.3) is 0 Å². The first-order valence-corrected chi connectivity index (χ1v) is 14.3. The van der Waals surface area contributed by atoms with Gasteiger partial charge in [-0.25, -0.2) is 15.0 Å². The minimum Gasteiger partial charge on any atom is -0.492 e. The molecule has 0 saturated carbocycles. The number of carbonyl (C=O) groups is 1. The minimum absolute atomic E-state index is 0.141. The van der Waals surface area contributed by atoms with Crippen LogP contribution >= 0.6 is 0 Å². The third-order valence-corrected chi connectivity index (χ3v) is 7.75. The van der Waals surface area contributed by atoms with E-state index in [0.717, 1.165) is 53.5 Å². The molecule has 0 unspecified atom stereocenters. The summed E-state index contributed by atoms with van der Waals surface area (Å²) >= 11 is 0. The molecule has 2 aliphatic heterocycles. The zero-order valence-corrected chi connectivity index (χ0v) is 24.1. The molecule has 5 heterocycles. The van der Waals surface area contributed by atoms with Crippen LogP contribution in [-0.2, 0) is 16.1 Å². The van der Waals surface area contributed by atoms with Crippen LogP contribution in [0.4, 0.5) is 5.82 Å². The average molecular weight is 582 g/mol. The Kier molecular flexibility index (Phi) is 8.57. The van der Waals surface area contributed by atoms with Crippen molar-refractivity contribution in [2.75, 3.05) is 58.4 Å². The van der Waals surface area contributed by atoms with Crippen LogP contribution in [0.2, 0.25) is 0 Å². The van der Waals surface area contributed by atoms with E-state index < -0.39 is 0 Å². The van der Waals surface area contributed by atoms with E-state index in [1.54, 1.807) is 12.4 Å². The van der Waals surface area contributed by atoms with E-state index in [9.17, 15) is 4.79 Å². The summed E-state index contributed by atoms with van der Waals surface area (Å²) < 4.78 is 13.2. The molecule has 222 valence electrons. The number of allylic oxidation sites excluding steroid dienone is 1. The third-order valence-electron chi connectivity index (χ3n) is 7.75. The zero-order chi connectivity index (χ0) is 29.6. The van der Waals surface area contributed by atoms with Crippen LogP contribution in [0.1, 0.15) is 11.1 Å². The molecule has 2 fully saturated rings. The maximum Gasteiger partial charge on any atom is 0.236 e. The Bertz CT molecular complexity index is 1610. The van der Waals surface area contributed by atoms with Crippen LogP contribution in [0.3, 0.4) is 0 Å². The first-order valence-electron chi connectivity index (χ1n) is 14.3. The van der Waals surface area contributed by atoms with E-state index in [4.69, 9.17) is 14.9 Å². The van der Waals surface area contributed by atoms with Crippen molar-refractivity contribution >= 4 is 29.2 Å². The fourth-order valence-electron chi connectivity index (χ4n) is 5.19. The highest BCUT2D eigenvalue weighted by atomic mass is 16.5. The molecule has 12 nitrogen and oxygen atoms in total. The monoisotopic (exact) mass is 581 g/mol. The lowest BCUT2D eigenvalue weighted by Crippen LogP contribution is -2.59. The Morgan fingerprint density at radius 1 is 1.14 bits per heavy atom. The molecule has 0 aliphatic carbocycles. The van der Waals surface area contributed by atoms with E-state index in [0.29, 0.717) is 50.4 Å². The van der Waals surface area contributed by atoms with E-state index >= 15 is 0 Å². The van der Waals surface area contributed by atoms with Gasteiger partial charge in [0.1, 0.15) is 30.1 Å². The van der Waals surface area contributed by atoms with E-state index in [1.165, 1.54) is 12.5 Å². The van der Waals surface area contributed by atoms with Crippen LogP contribution in [-0.4, -0.2) is 100 Å². The number of pyridine rings is 1. The summed E-state index contributed by atoms with van der Waals surface area (Å²) in [5, 5.41) is 13.9. The summed E-state index contributed by atoms with van der Waals surface area (Å²) in [6.45, 7) is 5.05. The van der Waals surface area contributed by atoms with Gasteiger partial charge in [0, 0.05) is 63.0 Å². The zero-order valence-electron chi connectivity index (χ0n) is 24.1. The highest BCUT2D eigenvalue weighted by Gasteiger charge is 2.32. The normalized spacial score (nSPS) is 16.3. The fraction of sp³-hybridized carbons (Fsp3) is 0.323. The highest BCUT2D eigenvalue weighted by Crippen LogP contribution is 2.24. The van der Waals surface area contributed by atoms with Crippen molar-refractivity contribution in [1.29, 1.82) is 5.41 Å². The molecular weight excluding hydrogens is 546 g/mol. The van der Waals surface area contributed by atoms with Crippen LogP contribution in [0.5, 0.6) is 5.75 Å². The van der Waals surface area contributed by atoms with Gasteiger partial charge in [-0.2, -0.15) is 0 Å². The summed E-state index contributed by atoms with van der Waals surface area (Å²) in [5.74, 6) is 1.55. The van der Waals surface area contributed by atoms with Crippen molar-refractivity contribution in [3.05, 3.63) is 78.5 Å². The average Bonchev–Trinajstić information content (AvgIpc) is 3.43. The Balaban J connectivity index is 1.04. The number of anilines is 1. The quantitative estimate of drug-likeness (QED) is 0.216. The molecule has 1 amide bonds. The molecule has 43 heavy (non-hydrogen) atoms. The fourth-order valence-corrected chi connectivity index (χ4v) is 5.19. The number of nitrogens with one attached hydrogen (secondary N) is 3. The molecule has 3 N–H and O–H groups in total. The number of fused-ring (bicyclic) bond motifs is 1. The number of imidazole rings is 1. The summed E-state index contributed by atoms with van der Waals surface area (Å²) in [4.78, 5) is 30.1.